The quantitative estimate of drug-likeness (QED) is 0.795. The van der Waals surface area contributed by atoms with Gasteiger partial charge in [-0.3, -0.25) is 4.79 Å². The number of benzene rings is 2. The molecule has 0 spiro atoms. The summed E-state index contributed by atoms with van der Waals surface area (Å²) in [5.74, 6) is 1.81. The van der Waals surface area contributed by atoms with Crippen LogP contribution in [0.15, 0.2) is 47.4 Å². The Balaban J connectivity index is 1.95. The van der Waals surface area contributed by atoms with E-state index in [1.54, 1.807) is 18.9 Å². The summed E-state index contributed by atoms with van der Waals surface area (Å²) in [5.41, 5.74) is 2.94. The molecule has 1 unspecified atom stereocenters. The number of methoxy groups -OCH3 is 1. The van der Waals surface area contributed by atoms with Crippen molar-refractivity contribution in [1.29, 1.82) is 0 Å². The monoisotopic (exact) mass is 284 g/mol. The lowest BCUT2D eigenvalue weighted by molar-refractivity contribution is 0.0967. The molecule has 0 saturated heterocycles. The highest BCUT2D eigenvalue weighted by atomic mass is 32.2. The zero-order chi connectivity index (χ0) is 14.1. The topological polar surface area (TPSA) is 26.3 Å². The zero-order valence-electron chi connectivity index (χ0n) is 11.6. The van der Waals surface area contributed by atoms with Crippen LogP contribution in [0.5, 0.6) is 5.75 Å². The lowest BCUT2D eigenvalue weighted by Gasteiger charge is -2.12. The van der Waals surface area contributed by atoms with Gasteiger partial charge in [-0.15, -0.1) is 11.8 Å². The van der Waals surface area contributed by atoms with Crippen LogP contribution in [-0.4, -0.2) is 18.6 Å². The van der Waals surface area contributed by atoms with Crippen LogP contribution in [0, 0.1) is 6.92 Å². The minimum Gasteiger partial charge on any atom is -0.497 e. The molecule has 2 aromatic rings. The van der Waals surface area contributed by atoms with E-state index in [2.05, 4.69) is 12.1 Å². The standard InChI is InChI=1S/C17H16O2S/c1-11-9-12(19-2)7-8-13(11)17(18)15-10-20-16-6-4-3-5-14(15)16/h3-9,15H,10H2,1-2H3. The second-order valence-electron chi connectivity index (χ2n) is 4.95. The summed E-state index contributed by atoms with van der Waals surface area (Å²) < 4.78 is 5.20. The molecule has 2 aromatic carbocycles. The van der Waals surface area contributed by atoms with Crippen molar-refractivity contribution < 1.29 is 9.53 Å². The van der Waals surface area contributed by atoms with Gasteiger partial charge in [-0.25, -0.2) is 0 Å². The Hall–Kier alpha value is -1.74. The summed E-state index contributed by atoms with van der Waals surface area (Å²) >= 11 is 1.77. The largest absolute Gasteiger partial charge is 0.497 e. The summed E-state index contributed by atoms with van der Waals surface area (Å²) in [7, 11) is 1.64. The Morgan fingerprint density at radius 3 is 2.80 bits per heavy atom. The van der Waals surface area contributed by atoms with Gasteiger partial charge >= 0.3 is 0 Å². The third kappa shape index (κ3) is 2.22. The van der Waals surface area contributed by atoms with E-state index >= 15 is 0 Å². The minimum atomic E-state index is -0.0247. The van der Waals surface area contributed by atoms with E-state index in [0.717, 1.165) is 28.2 Å². The van der Waals surface area contributed by atoms with Gasteiger partial charge in [0.2, 0.25) is 0 Å². The fourth-order valence-corrected chi connectivity index (χ4v) is 3.84. The van der Waals surface area contributed by atoms with Gasteiger partial charge in [0.05, 0.1) is 13.0 Å². The second-order valence-corrected chi connectivity index (χ2v) is 6.01. The minimum absolute atomic E-state index is 0.0247. The van der Waals surface area contributed by atoms with Gasteiger partial charge in [-0.1, -0.05) is 18.2 Å². The Kier molecular flexibility index (Phi) is 3.53. The van der Waals surface area contributed by atoms with Crippen molar-refractivity contribution in [2.24, 2.45) is 0 Å². The number of fused-ring (bicyclic) bond motifs is 1. The van der Waals surface area contributed by atoms with Crippen LogP contribution >= 0.6 is 11.8 Å². The first-order valence-corrected chi connectivity index (χ1v) is 7.60. The normalized spacial score (nSPS) is 16.8. The predicted octanol–water partition coefficient (Wildman–Crippen LogP) is 4.08. The van der Waals surface area contributed by atoms with E-state index < -0.39 is 0 Å². The summed E-state index contributed by atoms with van der Waals surface area (Å²) in [6.45, 7) is 1.96. The van der Waals surface area contributed by atoms with Gasteiger partial charge in [0.25, 0.3) is 0 Å². The summed E-state index contributed by atoms with van der Waals surface area (Å²) in [6, 6.07) is 13.8. The maximum Gasteiger partial charge on any atom is 0.171 e. The molecule has 3 rings (SSSR count). The number of hydrogen-bond acceptors (Lipinski definition) is 3. The van der Waals surface area contributed by atoms with Crippen molar-refractivity contribution in [3.05, 3.63) is 59.2 Å². The smallest absolute Gasteiger partial charge is 0.171 e. The highest BCUT2D eigenvalue weighted by molar-refractivity contribution is 7.99. The molecule has 1 heterocycles. The Labute approximate surface area is 123 Å². The number of Topliss-reactive ketones (excluding diaryl/α,β-unsaturated/α-hetero) is 1. The molecule has 2 nitrogen and oxygen atoms in total. The van der Waals surface area contributed by atoms with Gasteiger partial charge in [-0.05, 0) is 42.3 Å². The fourth-order valence-electron chi connectivity index (χ4n) is 2.61. The van der Waals surface area contributed by atoms with Gasteiger partial charge in [0, 0.05) is 16.2 Å². The average molecular weight is 284 g/mol. The molecule has 1 aliphatic rings. The van der Waals surface area contributed by atoms with E-state index in [-0.39, 0.29) is 11.7 Å². The number of ketones is 1. The third-order valence-corrected chi connectivity index (χ3v) is 4.90. The van der Waals surface area contributed by atoms with Crippen molar-refractivity contribution in [2.45, 2.75) is 17.7 Å². The number of hydrogen-bond donors (Lipinski definition) is 0. The van der Waals surface area contributed by atoms with Crippen LogP contribution in [-0.2, 0) is 0 Å². The molecule has 102 valence electrons. The molecule has 0 saturated carbocycles. The molecular weight excluding hydrogens is 268 g/mol. The number of aryl methyl sites for hydroxylation is 1. The van der Waals surface area contributed by atoms with Crippen molar-refractivity contribution in [3.8, 4) is 5.75 Å². The molecule has 0 radical (unpaired) electrons. The van der Waals surface area contributed by atoms with Crippen molar-refractivity contribution >= 4 is 17.5 Å². The van der Waals surface area contributed by atoms with Crippen LogP contribution in [0.4, 0.5) is 0 Å². The van der Waals surface area contributed by atoms with Crippen LogP contribution in [0.2, 0.25) is 0 Å². The Morgan fingerprint density at radius 1 is 1.25 bits per heavy atom. The van der Waals surface area contributed by atoms with Gasteiger partial charge < -0.3 is 4.74 Å². The van der Waals surface area contributed by atoms with Gasteiger partial charge in [0.15, 0.2) is 5.78 Å². The molecule has 0 bridgehead atoms. The summed E-state index contributed by atoms with van der Waals surface area (Å²) in [6.07, 6.45) is 0. The van der Waals surface area contributed by atoms with E-state index in [9.17, 15) is 4.79 Å². The van der Waals surface area contributed by atoms with Crippen molar-refractivity contribution in [1.82, 2.24) is 0 Å². The summed E-state index contributed by atoms with van der Waals surface area (Å²) in [4.78, 5) is 14.0. The molecule has 0 aliphatic carbocycles. The summed E-state index contributed by atoms with van der Waals surface area (Å²) in [5, 5.41) is 0. The maximum atomic E-state index is 12.8. The van der Waals surface area contributed by atoms with Crippen LogP contribution in [0.1, 0.15) is 27.4 Å². The van der Waals surface area contributed by atoms with E-state index in [1.165, 1.54) is 4.90 Å². The first kappa shape index (κ1) is 13.3. The first-order chi connectivity index (χ1) is 9.70. The average Bonchev–Trinajstić information content (AvgIpc) is 2.90. The highest BCUT2D eigenvalue weighted by Gasteiger charge is 2.30. The van der Waals surface area contributed by atoms with E-state index in [1.807, 2.05) is 37.3 Å². The van der Waals surface area contributed by atoms with Crippen molar-refractivity contribution in [2.75, 3.05) is 12.9 Å². The Bertz CT molecular complexity index is 664. The maximum absolute atomic E-state index is 12.8. The predicted molar refractivity (Wildman–Crippen MR) is 82.0 cm³/mol. The first-order valence-electron chi connectivity index (χ1n) is 6.61. The van der Waals surface area contributed by atoms with Crippen LogP contribution in [0.25, 0.3) is 0 Å². The molecule has 0 aromatic heterocycles. The molecule has 0 fully saturated rings. The van der Waals surface area contributed by atoms with E-state index in [4.69, 9.17) is 4.74 Å². The van der Waals surface area contributed by atoms with Crippen LogP contribution < -0.4 is 4.74 Å². The lowest BCUT2D eigenvalue weighted by Crippen LogP contribution is -2.13. The van der Waals surface area contributed by atoms with Crippen molar-refractivity contribution in [3.63, 3.8) is 0 Å². The second kappa shape index (κ2) is 5.33. The number of thioether (sulfide) groups is 1. The molecular formula is C17H16O2S. The number of rotatable bonds is 3. The number of ether oxygens (including phenoxy) is 1. The number of carbonyl (C=O) groups excluding carboxylic acids is 1. The molecule has 20 heavy (non-hydrogen) atoms. The zero-order valence-corrected chi connectivity index (χ0v) is 12.4. The third-order valence-electron chi connectivity index (χ3n) is 3.72. The fraction of sp³-hybridized carbons (Fsp3) is 0.235. The SMILES string of the molecule is COc1ccc(C(=O)C2CSc3ccccc32)c(C)c1. The molecule has 3 heteroatoms. The highest BCUT2D eigenvalue weighted by Crippen LogP contribution is 2.41. The molecule has 1 atom stereocenters. The molecule has 1 aliphatic heterocycles. The molecule has 0 N–H and O–H groups in total. The van der Waals surface area contributed by atoms with E-state index in [0.29, 0.717) is 0 Å². The lowest BCUT2D eigenvalue weighted by atomic mass is 9.90. The van der Waals surface area contributed by atoms with Gasteiger partial charge in [0.1, 0.15) is 5.75 Å². The Morgan fingerprint density at radius 2 is 2.05 bits per heavy atom. The molecule has 0 amide bonds. The van der Waals surface area contributed by atoms with Crippen LogP contribution in [0.3, 0.4) is 0 Å². The number of carbonyl (C=O) groups is 1. The van der Waals surface area contributed by atoms with Gasteiger partial charge in [-0.2, -0.15) is 0 Å².